The van der Waals surface area contributed by atoms with E-state index in [4.69, 9.17) is 21.3 Å². The van der Waals surface area contributed by atoms with Crippen LogP contribution in [0.4, 0.5) is 4.39 Å². The molecule has 0 aliphatic rings. The van der Waals surface area contributed by atoms with Gasteiger partial charge < -0.3 is 14.4 Å². The maximum Gasteiger partial charge on any atom is 0.309 e. The Kier molecular flexibility index (Phi) is 8.23. The number of hydrogen-bond donors (Lipinski definition) is 1. The van der Waals surface area contributed by atoms with E-state index in [0.29, 0.717) is 34.9 Å². The van der Waals surface area contributed by atoms with E-state index in [1.165, 1.54) is 12.1 Å². The highest BCUT2D eigenvalue weighted by Crippen LogP contribution is 2.43. The summed E-state index contributed by atoms with van der Waals surface area (Å²) in [6, 6.07) is 17.8. The molecule has 0 unspecified atom stereocenters. The fraction of sp³-hybridized carbons (Fsp3) is 0.303. The SMILES string of the molecule is CC(C)(C)Sc1c(CC(C)(C)C(=O)O)n(Cc2ccc(Cl)cc2)c2ncc(OCc3ccc4cc(F)ccc4n3)cc12. The van der Waals surface area contributed by atoms with Gasteiger partial charge in [-0.15, -0.1) is 11.8 Å². The molecule has 0 amide bonds. The summed E-state index contributed by atoms with van der Waals surface area (Å²) in [5, 5.41) is 12.3. The summed E-state index contributed by atoms with van der Waals surface area (Å²) in [4.78, 5) is 22.7. The van der Waals surface area contributed by atoms with Gasteiger partial charge in [0.15, 0.2) is 0 Å². The highest BCUT2D eigenvalue weighted by molar-refractivity contribution is 8.00. The number of aromatic nitrogens is 3. The number of benzene rings is 2. The number of ether oxygens (including phenoxy) is 1. The van der Waals surface area contributed by atoms with Crippen molar-refractivity contribution in [1.29, 1.82) is 0 Å². The van der Waals surface area contributed by atoms with Gasteiger partial charge >= 0.3 is 5.97 Å². The van der Waals surface area contributed by atoms with Crippen molar-refractivity contribution >= 4 is 51.3 Å². The van der Waals surface area contributed by atoms with Crippen LogP contribution in [0, 0.1) is 11.2 Å². The molecule has 0 saturated carbocycles. The van der Waals surface area contributed by atoms with E-state index in [1.54, 1.807) is 37.9 Å². The van der Waals surface area contributed by atoms with Gasteiger partial charge in [0.25, 0.3) is 0 Å². The van der Waals surface area contributed by atoms with Crippen molar-refractivity contribution in [3.8, 4) is 5.75 Å². The first kappa shape index (κ1) is 29.9. The van der Waals surface area contributed by atoms with Gasteiger partial charge in [-0.3, -0.25) is 4.79 Å². The molecule has 6 nitrogen and oxygen atoms in total. The number of fused-ring (bicyclic) bond motifs is 2. The van der Waals surface area contributed by atoms with Gasteiger partial charge in [-0.1, -0.05) is 50.6 Å². The second kappa shape index (κ2) is 11.6. The van der Waals surface area contributed by atoms with Crippen molar-refractivity contribution in [2.75, 3.05) is 0 Å². The first-order valence-corrected chi connectivity index (χ1v) is 14.8. The van der Waals surface area contributed by atoms with Crippen molar-refractivity contribution in [3.63, 3.8) is 0 Å². The number of halogens is 2. The quantitative estimate of drug-likeness (QED) is 0.170. The van der Waals surface area contributed by atoms with Crippen LogP contribution in [0.3, 0.4) is 0 Å². The summed E-state index contributed by atoms with van der Waals surface area (Å²) >= 11 is 7.84. The maximum absolute atomic E-state index is 13.6. The third-order valence-electron chi connectivity index (χ3n) is 6.88. The number of carboxylic acids is 1. The van der Waals surface area contributed by atoms with Crippen molar-refractivity contribution in [3.05, 3.63) is 94.7 Å². The van der Waals surface area contributed by atoms with Crippen molar-refractivity contribution in [2.24, 2.45) is 5.41 Å². The van der Waals surface area contributed by atoms with Gasteiger partial charge in [0.1, 0.15) is 23.8 Å². The van der Waals surface area contributed by atoms with E-state index in [2.05, 4.69) is 30.3 Å². The molecule has 0 bridgehead atoms. The Bertz CT molecular complexity index is 1780. The molecule has 0 spiro atoms. The Morgan fingerprint density at radius 3 is 2.48 bits per heavy atom. The Hall–Kier alpha value is -3.62. The monoisotopic (exact) mass is 605 g/mol. The first-order chi connectivity index (χ1) is 19.8. The molecule has 0 atom stereocenters. The van der Waals surface area contributed by atoms with Crippen LogP contribution in [0.25, 0.3) is 21.9 Å². The molecule has 218 valence electrons. The topological polar surface area (TPSA) is 77.2 Å². The van der Waals surface area contributed by atoms with Gasteiger partial charge in [-0.05, 0) is 61.9 Å². The number of aliphatic carboxylic acids is 1. The Balaban J connectivity index is 1.57. The minimum Gasteiger partial charge on any atom is -0.486 e. The molecular formula is C33H33ClFN3O3S. The van der Waals surface area contributed by atoms with Crippen LogP contribution in [-0.4, -0.2) is 30.4 Å². The third-order valence-corrected chi connectivity index (χ3v) is 8.40. The average molecular weight is 606 g/mol. The van der Waals surface area contributed by atoms with Gasteiger partial charge in [-0.25, -0.2) is 14.4 Å². The van der Waals surface area contributed by atoms with Crippen molar-refractivity contribution in [1.82, 2.24) is 14.5 Å². The van der Waals surface area contributed by atoms with Crippen LogP contribution in [0.1, 0.15) is 51.6 Å². The van der Waals surface area contributed by atoms with Crippen LogP contribution in [0.2, 0.25) is 5.02 Å². The van der Waals surface area contributed by atoms with Gasteiger partial charge in [-0.2, -0.15) is 0 Å². The lowest BCUT2D eigenvalue weighted by molar-refractivity contribution is -0.146. The number of pyridine rings is 2. The summed E-state index contributed by atoms with van der Waals surface area (Å²) in [6.45, 7) is 10.6. The lowest BCUT2D eigenvalue weighted by Gasteiger charge is -2.24. The second-order valence-corrected chi connectivity index (χ2v) is 14.3. The Morgan fingerprint density at radius 2 is 1.79 bits per heavy atom. The zero-order chi connectivity index (χ0) is 30.2. The molecule has 0 radical (unpaired) electrons. The highest BCUT2D eigenvalue weighted by atomic mass is 35.5. The maximum atomic E-state index is 13.6. The number of carbonyl (C=O) groups is 1. The summed E-state index contributed by atoms with van der Waals surface area (Å²) in [5.41, 5.74) is 3.11. The van der Waals surface area contributed by atoms with E-state index in [1.807, 2.05) is 42.5 Å². The van der Waals surface area contributed by atoms with Crippen LogP contribution in [0.15, 0.2) is 71.8 Å². The largest absolute Gasteiger partial charge is 0.486 e. The summed E-state index contributed by atoms with van der Waals surface area (Å²) in [5.74, 6) is -0.585. The molecule has 0 aliphatic carbocycles. The molecule has 0 aliphatic heterocycles. The molecular weight excluding hydrogens is 573 g/mol. The minimum atomic E-state index is -0.997. The highest BCUT2D eigenvalue weighted by Gasteiger charge is 2.33. The van der Waals surface area contributed by atoms with E-state index < -0.39 is 11.4 Å². The molecule has 42 heavy (non-hydrogen) atoms. The zero-order valence-electron chi connectivity index (χ0n) is 24.2. The number of carboxylic acid groups (broad SMARTS) is 1. The Morgan fingerprint density at radius 1 is 1.05 bits per heavy atom. The predicted molar refractivity (Wildman–Crippen MR) is 167 cm³/mol. The van der Waals surface area contributed by atoms with Crippen LogP contribution >= 0.6 is 23.4 Å². The first-order valence-electron chi connectivity index (χ1n) is 13.6. The minimum absolute atomic E-state index is 0.146. The molecule has 2 aromatic carbocycles. The summed E-state index contributed by atoms with van der Waals surface area (Å²) < 4.78 is 21.7. The molecule has 0 fully saturated rings. The molecule has 9 heteroatoms. The average Bonchev–Trinajstić information content (AvgIpc) is 3.18. The normalized spacial score (nSPS) is 12.3. The zero-order valence-corrected chi connectivity index (χ0v) is 25.8. The molecule has 5 rings (SSSR count). The van der Waals surface area contributed by atoms with E-state index in [-0.39, 0.29) is 17.2 Å². The van der Waals surface area contributed by atoms with E-state index in [0.717, 1.165) is 32.6 Å². The van der Waals surface area contributed by atoms with E-state index >= 15 is 0 Å². The number of hydrogen-bond acceptors (Lipinski definition) is 5. The van der Waals surface area contributed by atoms with Crippen LogP contribution in [-0.2, 0) is 24.4 Å². The summed E-state index contributed by atoms with van der Waals surface area (Å²) in [7, 11) is 0. The number of thioether (sulfide) groups is 1. The second-order valence-electron chi connectivity index (χ2n) is 12.0. The standard InChI is InChI=1S/C33H33ClFN3O3S/c1-32(2,3)42-29-26-15-25(41-19-24-12-8-21-14-23(35)11-13-27(21)37-24)17-36-30(26)38(18-20-6-9-22(34)10-7-20)28(29)16-33(4,5)31(39)40/h6-15,17H,16,18-19H2,1-5H3,(H,39,40). The molecule has 5 aromatic rings. The smallest absolute Gasteiger partial charge is 0.309 e. The fourth-order valence-electron chi connectivity index (χ4n) is 4.71. The molecule has 3 heterocycles. The molecule has 3 aromatic heterocycles. The molecule has 1 N–H and O–H groups in total. The van der Waals surface area contributed by atoms with E-state index in [9.17, 15) is 14.3 Å². The van der Waals surface area contributed by atoms with Crippen LogP contribution < -0.4 is 4.74 Å². The van der Waals surface area contributed by atoms with Gasteiger partial charge in [0.05, 0.1) is 22.8 Å². The lowest BCUT2D eigenvalue weighted by atomic mass is 9.88. The Labute approximate surface area is 253 Å². The number of rotatable bonds is 9. The van der Waals surface area contributed by atoms with Gasteiger partial charge in [0.2, 0.25) is 0 Å². The predicted octanol–water partition coefficient (Wildman–Crippen LogP) is 8.55. The van der Waals surface area contributed by atoms with Gasteiger partial charge in [0, 0.05) is 44.1 Å². The van der Waals surface area contributed by atoms with Crippen molar-refractivity contribution in [2.45, 2.75) is 63.8 Å². The lowest BCUT2D eigenvalue weighted by Crippen LogP contribution is -2.28. The third kappa shape index (κ3) is 6.71. The van der Waals surface area contributed by atoms with Crippen LogP contribution in [0.5, 0.6) is 5.75 Å². The summed E-state index contributed by atoms with van der Waals surface area (Å²) in [6.07, 6.45) is 2.01. The molecule has 0 saturated heterocycles. The van der Waals surface area contributed by atoms with Crippen molar-refractivity contribution < 1.29 is 19.0 Å². The fourth-order valence-corrected chi connectivity index (χ4v) is 6.01. The number of nitrogens with zero attached hydrogens (tertiary/aromatic N) is 3.